The smallest absolute Gasteiger partial charge is 0.266 e. The molecule has 2 rings (SSSR count). The maximum Gasteiger partial charge on any atom is 0.266 e. The molecule has 1 aromatic carbocycles. The molecule has 2 aromatic rings. The first-order valence-electron chi connectivity index (χ1n) is 3.54. The molecule has 0 aliphatic heterocycles. The van der Waals surface area contributed by atoms with Crippen molar-refractivity contribution in [2.45, 2.75) is 4.90 Å². The number of halogens is 1. The van der Waals surface area contributed by atoms with Gasteiger partial charge in [0.25, 0.3) is 13.9 Å². The van der Waals surface area contributed by atoms with Gasteiger partial charge in [-0.2, -0.15) is 0 Å². The third-order valence-corrected chi connectivity index (χ3v) is 3.21. The zero-order valence-corrected chi connectivity index (χ0v) is 9.04. The molecule has 0 aliphatic carbocycles. The number of hydrogen-bond donors (Lipinski definition) is 1. The van der Waals surface area contributed by atoms with Gasteiger partial charge in [-0.05, 0) is 24.4 Å². The maximum atomic E-state index is 11.0. The summed E-state index contributed by atoms with van der Waals surface area (Å²) in [6.45, 7) is 0. The minimum Gasteiger partial charge on any atom is -0.429 e. The number of oxazole rings is 1. The van der Waals surface area contributed by atoms with Crippen LogP contribution in [-0.2, 0) is 9.05 Å². The average molecular weight is 250 g/mol. The van der Waals surface area contributed by atoms with E-state index in [2.05, 4.69) is 4.98 Å². The van der Waals surface area contributed by atoms with Gasteiger partial charge in [0, 0.05) is 16.7 Å². The Kier molecular flexibility index (Phi) is 2.13. The maximum absolute atomic E-state index is 11.0. The lowest BCUT2D eigenvalue weighted by molar-refractivity contribution is 0.581. The van der Waals surface area contributed by atoms with Gasteiger partial charge >= 0.3 is 0 Å². The molecule has 0 aliphatic rings. The molecule has 1 aromatic heterocycles. The van der Waals surface area contributed by atoms with Gasteiger partial charge in [0.1, 0.15) is 0 Å². The van der Waals surface area contributed by atoms with Crippen molar-refractivity contribution in [2.24, 2.45) is 0 Å². The van der Waals surface area contributed by atoms with Crippen molar-refractivity contribution in [2.75, 3.05) is 0 Å². The van der Waals surface area contributed by atoms with Crippen LogP contribution in [0.1, 0.15) is 0 Å². The fourth-order valence-electron chi connectivity index (χ4n) is 1.08. The molecule has 0 fully saturated rings. The summed E-state index contributed by atoms with van der Waals surface area (Å²) in [5.41, 5.74) is 1.01. The van der Waals surface area contributed by atoms with E-state index in [4.69, 9.17) is 27.3 Å². The Hall–Kier alpha value is -0.850. The molecule has 0 unspecified atom stereocenters. The van der Waals surface area contributed by atoms with Crippen molar-refractivity contribution in [1.29, 1.82) is 0 Å². The highest BCUT2D eigenvalue weighted by Crippen LogP contribution is 2.21. The number of aromatic amines is 1. The predicted octanol–water partition coefficient (Wildman–Crippen LogP) is 2.42. The van der Waals surface area contributed by atoms with Crippen molar-refractivity contribution >= 4 is 43.1 Å². The molecule has 14 heavy (non-hydrogen) atoms. The van der Waals surface area contributed by atoms with Crippen LogP contribution < -0.4 is 0 Å². The van der Waals surface area contributed by atoms with E-state index in [1.165, 1.54) is 12.1 Å². The summed E-state index contributed by atoms with van der Waals surface area (Å²) in [5.74, 6) is 0. The van der Waals surface area contributed by atoms with Crippen LogP contribution in [0.4, 0.5) is 0 Å². The lowest BCUT2D eigenvalue weighted by Crippen LogP contribution is -1.88. The normalized spacial score (nSPS) is 12.1. The molecule has 74 valence electrons. The third kappa shape index (κ3) is 1.68. The standard InChI is InChI=1S/C7H4ClNO3S2/c8-14(10,11)4-1-2-5-6(3-4)12-7(13)9-5/h1-3H,(H,9,13). The van der Waals surface area contributed by atoms with E-state index in [0.29, 0.717) is 11.1 Å². The second-order valence-corrected chi connectivity index (χ2v) is 5.55. The summed E-state index contributed by atoms with van der Waals surface area (Å²) in [6, 6.07) is 4.25. The van der Waals surface area contributed by atoms with Crippen molar-refractivity contribution in [1.82, 2.24) is 4.98 Å². The van der Waals surface area contributed by atoms with Crippen molar-refractivity contribution in [3.63, 3.8) is 0 Å². The SMILES string of the molecule is O=S(=O)(Cl)c1ccc2[nH]c(=S)oc2c1. The van der Waals surface area contributed by atoms with Gasteiger partial charge in [-0.3, -0.25) is 0 Å². The Bertz CT molecular complexity index is 640. The molecule has 7 heteroatoms. The van der Waals surface area contributed by atoms with Gasteiger partial charge in [0.2, 0.25) is 0 Å². The molecule has 0 radical (unpaired) electrons. The average Bonchev–Trinajstić information content (AvgIpc) is 2.41. The van der Waals surface area contributed by atoms with Crippen LogP contribution in [0.25, 0.3) is 11.1 Å². The minimum absolute atomic E-state index is 0.00980. The van der Waals surface area contributed by atoms with Crippen LogP contribution in [0.5, 0.6) is 0 Å². The van der Waals surface area contributed by atoms with Gasteiger partial charge in [0.15, 0.2) is 5.58 Å². The first-order chi connectivity index (χ1) is 6.47. The molecule has 0 saturated heterocycles. The van der Waals surface area contributed by atoms with Gasteiger partial charge in [-0.15, -0.1) is 0 Å². The minimum atomic E-state index is -3.72. The molecule has 0 spiro atoms. The summed E-state index contributed by atoms with van der Waals surface area (Å²) in [6.07, 6.45) is 0. The first-order valence-corrected chi connectivity index (χ1v) is 6.26. The number of fused-ring (bicyclic) bond motifs is 1. The van der Waals surface area contributed by atoms with E-state index in [1.54, 1.807) is 6.07 Å². The molecule has 0 atom stereocenters. The molecular weight excluding hydrogens is 246 g/mol. The number of hydrogen-bond acceptors (Lipinski definition) is 4. The molecular formula is C7H4ClNO3S2. The van der Waals surface area contributed by atoms with Crippen molar-refractivity contribution < 1.29 is 12.8 Å². The summed E-state index contributed by atoms with van der Waals surface area (Å²) in [7, 11) is 1.44. The highest BCUT2D eigenvalue weighted by Gasteiger charge is 2.11. The lowest BCUT2D eigenvalue weighted by Gasteiger charge is -1.93. The zero-order valence-electron chi connectivity index (χ0n) is 6.65. The highest BCUT2D eigenvalue weighted by molar-refractivity contribution is 8.13. The summed E-state index contributed by atoms with van der Waals surface area (Å²) < 4.78 is 27.0. The van der Waals surface area contributed by atoms with E-state index in [-0.39, 0.29) is 9.73 Å². The fourth-order valence-corrected chi connectivity index (χ4v) is 2.04. The molecule has 1 N–H and O–H groups in total. The topological polar surface area (TPSA) is 63.1 Å². The number of benzene rings is 1. The van der Waals surface area contributed by atoms with Crippen LogP contribution >= 0.6 is 22.9 Å². The van der Waals surface area contributed by atoms with E-state index in [9.17, 15) is 8.42 Å². The van der Waals surface area contributed by atoms with Crippen LogP contribution in [0, 0.1) is 4.84 Å². The van der Waals surface area contributed by atoms with Gasteiger partial charge in [-0.25, -0.2) is 8.42 Å². The number of H-pyrrole nitrogens is 1. The Labute approximate surface area is 88.9 Å². The molecule has 1 heterocycles. The van der Waals surface area contributed by atoms with E-state index in [0.717, 1.165) is 0 Å². The van der Waals surface area contributed by atoms with Gasteiger partial charge < -0.3 is 9.40 Å². The van der Waals surface area contributed by atoms with Crippen molar-refractivity contribution in [3.05, 3.63) is 23.0 Å². The monoisotopic (exact) mass is 249 g/mol. The predicted molar refractivity (Wildman–Crippen MR) is 54.4 cm³/mol. The van der Waals surface area contributed by atoms with Crippen LogP contribution in [0.15, 0.2) is 27.5 Å². The molecule has 0 saturated carbocycles. The van der Waals surface area contributed by atoms with E-state index in [1.807, 2.05) is 0 Å². The number of nitrogens with one attached hydrogen (secondary N) is 1. The van der Waals surface area contributed by atoms with Crippen molar-refractivity contribution in [3.8, 4) is 0 Å². The van der Waals surface area contributed by atoms with Crippen LogP contribution in [0.2, 0.25) is 0 Å². The summed E-state index contributed by atoms with van der Waals surface area (Å²) >= 11 is 4.75. The quantitative estimate of drug-likeness (QED) is 0.623. The second-order valence-electron chi connectivity index (χ2n) is 2.61. The summed E-state index contributed by atoms with van der Waals surface area (Å²) in [5, 5.41) is 0. The Balaban J connectivity index is 2.80. The van der Waals surface area contributed by atoms with Crippen LogP contribution in [0.3, 0.4) is 0 Å². The van der Waals surface area contributed by atoms with Gasteiger partial charge in [0.05, 0.1) is 10.4 Å². The second kappa shape index (κ2) is 3.08. The highest BCUT2D eigenvalue weighted by atomic mass is 35.7. The molecule has 4 nitrogen and oxygen atoms in total. The number of rotatable bonds is 1. The molecule has 0 bridgehead atoms. The Morgan fingerprint density at radius 1 is 1.43 bits per heavy atom. The van der Waals surface area contributed by atoms with E-state index < -0.39 is 9.05 Å². The summed E-state index contributed by atoms with van der Waals surface area (Å²) in [4.78, 5) is 2.94. The van der Waals surface area contributed by atoms with Crippen LogP contribution in [-0.4, -0.2) is 13.4 Å². The number of aromatic nitrogens is 1. The largest absolute Gasteiger partial charge is 0.429 e. The Morgan fingerprint density at radius 3 is 2.79 bits per heavy atom. The van der Waals surface area contributed by atoms with E-state index >= 15 is 0 Å². The zero-order chi connectivity index (χ0) is 10.3. The molecule has 0 amide bonds. The van der Waals surface area contributed by atoms with Gasteiger partial charge in [-0.1, -0.05) is 0 Å². The Morgan fingerprint density at radius 2 is 2.14 bits per heavy atom. The first kappa shape index (κ1) is 9.70. The lowest BCUT2D eigenvalue weighted by atomic mass is 10.3. The third-order valence-electron chi connectivity index (χ3n) is 1.67. The fraction of sp³-hybridized carbons (Fsp3) is 0.